The van der Waals surface area contributed by atoms with Gasteiger partial charge in [0.15, 0.2) is 0 Å². The fourth-order valence-electron chi connectivity index (χ4n) is 2.03. The van der Waals surface area contributed by atoms with Crippen LogP contribution < -0.4 is 0 Å². The van der Waals surface area contributed by atoms with Gasteiger partial charge in [-0.2, -0.15) is 0 Å². The lowest BCUT2D eigenvalue weighted by Crippen LogP contribution is -1.99. The SMILES string of the molecule is Cc1c(Cl)c(C)c([N+](=O)[O-])c(O)c1C=Nc1ccc(I)cc1. The van der Waals surface area contributed by atoms with Crippen LogP contribution in [0.2, 0.25) is 5.02 Å². The van der Waals surface area contributed by atoms with Crippen LogP contribution in [0, 0.1) is 27.5 Å². The average molecular weight is 431 g/mol. The van der Waals surface area contributed by atoms with Crippen molar-refractivity contribution in [3.8, 4) is 5.75 Å². The van der Waals surface area contributed by atoms with E-state index < -0.39 is 10.7 Å². The summed E-state index contributed by atoms with van der Waals surface area (Å²) >= 11 is 8.31. The van der Waals surface area contributed by atoms with E-state index >= 15 is 0 Å². The van der Waals surface area contributed by atoms with E-state index in [-0.39, 0.29) is 21.8 Å². The van der Waals surface area contributed by atoms with Crippen LogP contribution >= 0.6 is 34.2 Å². The van der Waals surface area contributed by atoms with Gasteiger partial charge in [-0.05, 0) is 66.3 Å². The number of nitrogens with zero attached hydrogens (tertiary/aromatic N) is 2. The third-order valence-electron chi connectivity index (χ3n) is 3.25. The molecule has 0 bridgehead atoms. The molecule has 2 aromatic rings. The number of benzene rings is 2. The molecule has 0 aliphatic rings. The van der Waals surface area contributed by atoms with Crippen molar-refractivity contribution in [2.45, 2.75) is 13.8 Å². The van der Waals surface area contributed by atoms with Crippen LogP contribution in [0.1, 0.15) is 16.7 Å². The predicted molar refractivity (Wildman–Crippen MR) is 95.7 cm³/mol. The molecule has 1 N–H and O–H groups in total. The standard InChI is InChI=1S/C15H12ClIN2O3/c1-8-12(7-18-11-5-3-10(17)4-6-11)15(20)14(19(21)22)9(2)13(8)16/h3-7,20H,1-2H3. The summed E-state index contributed by atoms with van der Waals surface area (Å²) in [5.41, 5.74) is 1.34. The highest BCUT2D eigenvalue weighted by molar-refractivity contribution is 14.1. The van der Waals surface area contributed by atoms with Gasteiger partial charge in [-0.25, -0.2) is 0 Å². The summed E-state index contributed by atoms with van der Waals surface area (Å²) in [5.74, 6) is -0.418. The molecule has 0 heterocycles. The Kier molecular flexibility index (Phi) is 5.02. The number of phenols is 1. The molecule has 0 spiro atoms. The van der Waals surface area contributed by atoms with Crippen LogP contribution in [0.15, 0.2) is 29.3 Å². The van der Waals surface area contributed by atoms with Crippen LogP contribution in [0.4, 0.5) is 11.4 Å². The molecule has 0 atom stereocenters. The predicted octanol–water partition coefficient (Wildman–Crippen LogP) is 4.93. The molecule has 0 unspecified atom stereocenters. The molecule has 7 heteroatoms. The summed E-state index contributed by atoms with van der Waals surface area (Å²) in [4.78, 5) is 14.7. The Morgan fingerprint density at radius 2 is 1.86 bits per heavy atom. The Morgan fingerprint density at radius 1 is 1.27 bits per heavy atom. The zero-order valence-corrected chi connectivity index (χ0v) is 14.7. The topological polar surface area (TPSA) is 75.7 Å². The number of hydrogen-bond acceptors (Lipinski definition) is 4. The molecule has 0 radical (unpaired) electrons. The summed E-state index contributed by atoms with van der Waals surface area (Å²) in [6.45, 7) is 3.20. The maximum Gasteiger partial charge on any atom is 0.315 e. The van der Waals surface area contributed by atoms with Gasteiger partial charge in [-0.3, -0.25) is 15.1 Å². The largest absolute Gasteiger partial charge is 0.502 e. The second-order valence-corrected chi connectivity index (χ2v) is 6.29. The maximum atomic E-state index is 11.1. The van der Waals surface area contributed by atoms with E-state index in [1.54, 1.807) is 6.92 Å². The molecule has 2 rings (SSSR count). The van der Waals surface area contributed by atoms with Crippen LogP contribution in [0.5, 0.6) is 5.75 Å². The lowest BCUT2D eigenvalue weighted by Gasteiger charge is -2.10. The Morgan fingerprint density at radius 3 is 2.41 bits per heavy atom. The summed E-state index contributed by atoms with van der Waals surface area (Å²) in [5, 5.41) is 21.5. The van der Waals surface area contributed by atoms with Crippen molar-refractivity contribution >= 4 is 51.8 Å². The maximum absolute atomic E-state index is 11.1. The third-order valence-corrected chi connectivity index (χ3v) is 4.54. The van der Waals surface area contributed by atoms with Gasteiger partial charge in [0.05, 0.1) is 15.6 Å². The minimum atomic E-state index is -0.641. The minimum Gasteiger partial charge on any atom is -0.502 e. The number of nitro groups is 1. The Hall–Kier alpha value is -1.67. The first kappa shape index (κ1) is 16.7. The van der Waals surface area contributed by atoms with Gasteiger partial charge in [0.2, 0.25) is 5.75 Å². The Labute approximate surface area is 145 Å². The van der Waals surface area contributed by atoms with Gasteiger partial charge in [0, 0.05) is 20.9 Å². The third kappa shape index (κ3) is 3.22. The summed E-state index contributed by atoms with van der Waals surface area (Å²) in [6, 6.07) is 7.42. The molecule has 0 saturated carbocycles. The van der Waals surface area contributed by atoms with E-state index in [0.29, 0.717) is 11.3 Å². The molecule has 2 aromatic carbocycles. The molecule has 5 nitrogen and oxygen atoms in total. The van der Waals surface area contributed by atoms with Crippen molar-refractivity contribution in [3.63, 3.8) is 0 Å². The molecule has 0 amide bonds. The van der Waals surface area contributed by atoms with Gasteiger partial charge in [-0.1, -0.05) is 11.6 Å². The van der Waals surface area contributed by atoms with Crippen molar-refractivity contribution in [1.29, 1.82) is 0 Å². The van der Waals surface area contributed by atoms with E-state index in [4.69, 9.17) is 11.6 Å². The number of halogens is 2. The van der Waals surface area contributed by atoms with E-state index in [0.717, 1.165) is 3.57 Å². The number of hydrogen-bond donors (Lipinski definition) is 1. The molecule has 0 aliphatic carbocycles. The van der Waals surface area contributed by atoms with Crippen LogP contribution in [-0.4, -0.2) is 16.2 Å². The van der Waals surface area contributed by atoms with E-state index in [2.05, 4.69) is 27.6 Å². The Balaban J connectivity index is 2.55. The summed E-state index contributed by atoms with van der Waals surface area (Å²) in [6.07, 6.45) is 1.39. The molecular formula is C15H12ClIN2O3. The zero-order valence-electron chi connectivity index (χ0n) is 11.8. The van der Waals surface area contributed by atoms with Crippen LogP contribution in [0.25, 0.3) is 0 Å². The lowest BCUT2D eigenvalue weighted by atomic mass is 10.0. The van der Waals surface area contributed by atoms with Gasteiger partial charge in [0.1, 0.15) is 0 Å². The Bertz CT molecular complexity index is 774. The van der Waals surface area contributed by atoms with Crippen molar-refractivity contribution < 1.29 is 10.0 Å². The fourth-order valence-corrected chi connectivity index (χ4v) is 2.58. The first-order valence-electron chi connectivity index (χ1n) is 6.28. The second kappa shape index (κ2) is 6.62. The zero-order chi connectivity index (χ0) is 16.4. The fraction of sp³-hybridized carbons (Fsp3) is 0.133. The van der Waals surface area contributed by atoms with Crippen molar-refractivity contribution in [2.24, 2.45) is 4.99 Å². The van der Waals surface area contributed by atoms with Crippen molar-refractivity contribution in [1.82, 2.24) is 0 Å². The van der Waals surface area contributed by atoms with Crippen molar-refractivity contribution in [3.05, 3.63) is 59.7 Å². The van der Waals surface area contributed by atoms with Gasteiger partial charge in [0.25, 0.3) is 0 Å². The summed E-state index contributed by atoms with van der Waals surface area (Å²) < 4.78 is 1.07. The quantitative estimate of drug-likeness (QED) is 0.325. The first-order chi connectivity index (χ1) is 10.3. The van der Waals surface area contributed by atoms with Crippen LogP contribution in [0.3, 0.4) is 0 Å². The molecule has 0 saturated heterocycles. The average Bonchev–Trinajstić information content (AvgIpc) is 2.46. The number of aromatic hydroxyl groups is 1. The number of aliphatic imine (C=N–C) groups is 1. The van der Waals surface area contributed by atoms with E-state index in [9.17, 15) is 15.2 Å². The summed E-state index contributed by atoms with van der Waals surface area (Å²) in [7, 11) is 0. The highest BCUT2D eigenvalue weighted by Crippen LogP contribution is 2.40. The molecular weight excluding hydrogens is 419 g/mol. The molecule has 114 valence electrons. The monoisotopic (exact) mass is 430 g/mol. The minimum absolute atomic E-state index is 0.244. The van der Waals surface area contributed by atoms with Gasteiger partial charge < -0.3 is 5.11 Å². The lowest BCUT2D eigenvalue weighted by molar-refractivity contribution is -0.386. The molecule has 0 fully saturated rings. The molecule has 0 aliphatic heterocycles. The van der Waals surface area contributed by atoms with Crippen molar-refractivity contribution in [2.75, 3.05) is 0 Å². The van der Waals surface area contributed by atoms with E-state index in [1.807, 2.05) is 24.3 Å². The number of rotatable bonds is 3. The molecule has 0 aromatic heterocycles. The van der Waals surface area contributed by atoms with Gasteiger partial charge >= 0.3 is 5.69 Å². The first-order valence-corrected chi connectivity index (χ1v) is 7.74. The number of phenolic OH excluding ortho intramolecular Hbond substituents is 1. The highest BCUT2D eigenvalue weighted by Gasteiger charge is 2.25. The van der Waals surface area contributed by atoms with Crippen LogP contribution in [-0.2, 0) is 0 Å². The van der Waals surface area contributed by atoms with Gasteiger partial charge in [-0.15, -0.1) is 0 Å². The number of nitro benzene ring substituents is 1. The highest BCUT2D eigenvalue weighted by atomic mass is 127. The normalized spacial score (nSPS) is 11.1. The second-order valence-electron chi connectivity index (χ2n) is 4.67. The molecule has 22 heavy (non-hydrogen) atoms. The smallest absolute Gasteiger partial charge is 0.315 e. The van der Waals surface area contributed by atoms with E-state index in [1.165, 1.54) is 13.1 Å².